The third-order valence-electron chi connectivity index (χ3n) is 2.93. The van der Waals surface area contributed by atoms with Gasteiger partial charge in [0.15, 0.2) is 0 Å². The van der Waals surface area contributed by atoms with Gasteiger partial charge in [-0.3, -0.25) is 0 Å². The maximum Gasteiger partial charge on any atom is 0.0849 e. The Balaban J connectivity index is 2.08. The average Bonchev–Trinajstić information content (AvgIpc) is 2.19. The van der Waals surface area contributed by atoms with Crippen LogP contribution in [0.15, 0.2) is 0 Å². The van der Waals surface area contributed by atoms with E-state index in [9.17, 15) is 5.11 Å². The van der Waals surface area contributed by atoms with Gasteiger partial charge in [0.25, 0.3) is 0 Å². The highest BCUT2D eigenvalue weighted by Gasteiger charge is 2.19. The van der Waals surface area contributed by atoms with Crippen molar-refractivity contribution >= 4 is 0 Å². The molecule has 84 valence electrons. The predicted molar refractivity (Wildman–Crippen MR) is 57.3 cm³/mol. The monoisotopic (exact) mass is 201 g/mol. The molecule has 1 heterocycles. The topological polar surface area (TPSA) is 41.5 Å². The summed E-state index contributed by atoms with van der Waals surface area (Å²) >= 11 is 0. The first-order valence-corrected chi connectivity index (χ1v) is 5.65. The van der Waals surface area contributed by atoms with Crippen molar-refractivity contribution in [3.8, 4) is 0 Å². The second-order valence-corrected chi connectivity index (χ2v) is 4.58. The summed E-state index contributed by atoms with van der Waals surface area (Å²) in [6.45, 7) is 7.25. The lowest BCUT2D eigenvalue weighted by atomic mass is 10.0. The van der Waals surface area contributed by atoms with Crippen molar-refractivity contribution in [2.45, 2.75) is 38.7 Å². The first-order chi connectivity index (χ1) is 6.64. The molecule has 0 aromatic carbocycles. The van der Waals surface area contributed by atoms with E-state index in [1.165, 1.54) is 12.8 Å². The maximum absolute atomic E-state index is 9.71. The Kier molecular flexibility index (Phi) is 4.85. The first kappa shape index (κ1) is 12.0. The second kappa shape index (κ2) is 5.69. The van der Waals surface area contributed by atoms with Crippen molar-refractivity contribution in [3.05, 3.63) is 0 Å². The molecule has 0 aromatic rings. The van der Waals surface area contributed by atoms with E-state index in [-0.39, 0.29) is 0 Å². The van der Waals surface area contributed by atoms with Gasteiger partial charge in [-0.25, -0.2) is 0 Å². The molecule has 0 aromatic heterocycles. The highest BCUT2D eigenvalue weighted by atomic mass is 16.5. The van der Waals surface area contributed by atoms with Crippen molar-refractivity contribution < 1.29 is 9.84 Å². The molecule has 0 spiro atoms. The Hall–Kier alpha value is -0.120. The molecule has 1 fully saturated rings. The van der Waals surface area contributed by atoms with Crippen LogP contribution in [-0.4, -0.2) is 37.0 Å². The summed E-state index contributed by atoms with van der Waals surface area (Å²) in [4.78, 5) is 0. The molecule has 0 amide bonds. The Morgan fingerprint density at radius 2 is 2.36 bits per heavy atom. The largest absolute Gasteiger partial charge is 0.388 e. The Labute approximate surface area is 86.8 Å². The lowest BCUT2D eigenvalue weighted by Gasteiger charge is -2.25. The van der Waals surface area contributed by atoms with Gasteiger partial charge in [-0.2, -0.15) is 0 Å². The Morgan fingerprint density at radius 1 is 1.57 bits per heavy atom. The smallest absolute Gasteiger partial charge is 0.0849 e. The van der Waals surface area contributed by atoms with Crippen LogP contribution in [0.4, 0.5) is 0 Å². The zero-order chi connectivity index (χ0) is 10.4. The minimum absolute atomic E-state index is 0.458. The third-order valence-corrected chi connectivity index (χ3v) is 2.93. The molecule has 3 nitrogen and oxygen atoms in total. The number of rotatable bonds is 5. The number of piperidine rings is 1. The fourth-order valence-electron chi connectivity index (χ4n) is 1.61. The highest BCUT2D eigenvalue weighted by Crippen LogP contribution is 2.13. The van der Waals surface area contributed by atoms with E-state index in [1.807, 2.05) is 13.8 Å². The molecule has 14 heavy (non-hydrogen) atoms. The van der Waals surface area contributed by atoms with Gasteiger partial charge in [0.2, 0.25) is 0 Å². The summed E-state index contributed by atoms with van der Waals surface area (Å²) in [6.07, 6.45) is 3.25. The number of ether oxygens (including phenoxy) is 1. The standard InChI is InChI=1S/C11H23NO2/c1-3-11(2,13)9-14-8-10-5-4-6-12-7-10/h10,12-13H,3-9H2,1-2H3. The van der Waals surface area contributed by atoms with Crippen molar-refractivity contribution in [2.24, 2.45) is 5.92 Å². The molecule has 1 aliphatic rings. The summed E-state index contributed by atoms with van der Waals surface area (Å²) in [5, 5.41) is 13.1. The lowest BCUT2D eigenvalue weighted by molar-refractivity contribution is -0.0456. The normalized spacial score (nSPS) is 27.2. The minimum Gasteiger partial charge on any atom is -0.388 e. The quantitative estimate of drug-likeness (QED) is 0.701. The van der Waals surface area contributed by atoms with Crippen LogP contribution < -0.4 is 5.32 Å². The maximum atomic E-state index is 9.71. The second-order valence-electron chi connectivity index (χ2n) is 4.58. The molecule has 3 heteroatoms. The number of nitrogens with one attached hydrogen (secondary N) is 1. The summed E-state index contributed by atoms with van der Waals surface area (Å²) in [7, 11) is 0. The number of hydrogen-bond acceptors (Lipinski definition) is 3. The van der Waals surface area contributed by atoms with Crippen molar-refractivity contribution in [3.63, 3.8) is 0 Å². The van der Waals surface area contributed by atoms with E-state index in [0.29, 0.717) is 12.5 Å². The van der Waals surface area contributed by atoms with Gasteiger partial charge < -0.3 is 15.2 Å². The molecule has 2 unspecified atom stereocenters. The van der Waals surface area contributed by atoms with Gasteiger partial charge in [0.1, 0.15) is 0 Å². The van der Waals surface area contributed by atoms with Crippen LogP contribution in [0.3, 0.4) is 0 Å². The summed E-state index contributed by atoms with van der Waals surface area (Å²) < 4.78 is 5.54. The summed E-state index contributed by atoms with van der Waals surface area (Å²) in [5.74, 6) is 0.636. The first-order valence-electron chi connectivity index (χ1n) is 5.65. The van der Waals surface area contributed by atoms with E-state index in [4.69, 9.17) is 4.74 Å². The van der Waals surface area contributed by atoms with Crippen molar-refractivity contribution in [1.82, 2.24) is 5.32 Å². The van der Waals surface area contributed by atoms with Gasteiger partial charge in [-0.15, -0.1) is 0 Å². The predicted octanol–water partition coefficient (Wildman–Crippen LogP) is 1.16. The van der Waals surface area contributed by atoms with Gasteiger partial charge in [-0.05, 0) is 38.6 Å². The van der Waals surface area contributed by atoms with Crippen LogP contribution in [0.1, 0.15) is 33.1 Å². The molecular weight excluding hydrogens is 178 g/mol. The van der Waals surface area contributed by atoms with E-state index >= 15 is 0 Å². The van der Waals surface area contributed by atoms with Crippen LogP contribution >= 0.6 is 0 Å². The Morgan fingerprint density at radius 3 is 2.93 bits per heavy atom. The molecule has 0 saturated carbocycles. The van der Waals surface area contributed by atoms with Gasteiger partial charge in [-0.1, -0.05) is 6.92 Å². The zero-order valence-electron chi connectivity index (χ0n) is 9.38. The Bertz CT molecular complexity index is 153. The molecular formula is C11H23NO2. The minimum atomic E-state index is -0.651. The highest BCUT2D eigenvalue weighted by molar-refractivity contribution is 4.71. The van der Waals surface area contributed by atoms with Crippen LogP contribution in [0.5, 0.6) is 0 Å². The molecule has 1 aliphatic heterocycles. The van der Waals surface area contributed by atoms with Crippen molar-refractivity contribution in [1.29, 1.82) is 0 Å². The fraction of sp³-hybridized carbons (Fsp3) is 1.00. The van der Waals surface area contributed by atoms with Crippen LogP contribution in [0.25, 0.3) is 0 Å². The molecule has 1 rings (SSSR count). The summed E-state index contributed by atoms with van der Waals surface area (Å²) in [5.41, 5.74) is -0.651. The van der Waals surface area contributed by atoms with Gasteiger partial charge >= 0.3 is 0 Å². The molecule has 2 atom stereocenters. The number of hydrogen-bond donors (Lipinski definition) is 2. The molecule has 0 aliphatic carbocycles. The molecule has 1 saturated heterocycles. The molecule has 2 N–H and O–H groups in total. The summed E-state index contributed by atoms with van der Waals surface area (Å²) in [6, 6.07) is 0. The SMILES string of the molecule is CCC(C)(O)COCC1CCCNC1. The van der Waals surface area contributed by atoms with Crippen LogP contribution in [0, 0.1) is 5.92 Å². The van der Waals surface area contributed by atoms with Gasteiger partial charge in [0.05, 0.1) is 18.8 Å². The number of aliphatic hydroxyl groups is 1. The molecule has 0 radical (unpaired) electrons. The van der Waals surface area contributed by atoms with E-state index in [1.54, 1.807) is 0 Å². The molecule has 0 bridgehead atoms. The third kappa shape index (κ3) is 4.40. The van der Waals surface area contributed by atoms with Gasteiger partial charge in [0, 0.05) is 6.54 Å². The van der Waals surface area contributed by atoms with E-state index in [0.717, 1.165) is 26.1 Å². The van der Waals surface area contributed by atoms with E-state index < -0.39 is 5.60 Å². The van der Waals surface area contributed by atoms with Crippen molar-refractivity contribution in [2.75, 3.05) is 26.3 Å². The van der Waals surface area contributed by atoms with Crippen LogP contribution in [-0.2, 0) is 4.74 Å². The van der Waals surface area contributed by atoms with Crippen LogP contribution in [0.2, 0.25) is 0 Å². The fourth-order valence-corrected chi connectivity index (χ4v) is 1.61. The zero-order valence-corrected chi connectivity index (χ0v) is 9.38. The van der Waals surface area contributed by atoms with E-state index in [2.05, 4.69) is 5.32 Å². The average molecular weight is 201 g/mol. The lowest BCUT2D eigenvalue weighted by Crippen LogP contribution is -2.35.